The highest BCUT2D eigenvalue weighted by Gasteiger charge is 2.21. The molecular formula is C11H22N4O. The Hall–Kier alpha value is -0.810. The molecule has 0 unspecified atom stereocenters. The number of hydrogen-bond donors (Lipinski definition) is 2. The Balaban J connectivity index is 1.88. The monoisotopic (exact) mass is 226 g/mol. The topological polar surface area (TPSA) is 47.6 Å². The van der Waals surface area contributed by atoms with Gasteiger partial charge in [0.15, 0.2) is 0 Å². The van der Waals surface area contributed by atoms with Gasteiger partial charge in [-0.1, -0.05) is 0 Å². The molecule has 5 nitrogen and oxygen atoms in total. The Morgan fingerprint density at radius 2 is 1.25 bits per heavy atom. The lowest BCUT2D eigenvalue weighted by atomic mass is 10.4. The van der Waals surface area contributed by atoms with Gasteiger partial charge in [0.2, 0.25) is 0 Å². The SMILES string of the molecule is O=C(N1CCCNCC1)N1CCCNCC1. The Morgan fingerprint density at radius 3 is 1.75 bits per heavy atom. The van der Waals surface area contributed by atoms with E-state index in [9.17, 15) is 4.79 Å². The lowest BCUT2D eigenvalue weighted by Crippen LogP contribution is -2.45. The highest BCUT2D eigenvalue weighted by Crippen LogP contribution is 2.04. The van der Waals surface area contributed by atoms with Gasteiger partial charge in [-0.3, -0.25) is 0 Å². The average molecular weight is 226 g/mol. The van der Waals surface area contributed by atoms with Crippen LogP contribution in [-0.4, -0.2) is 68.2 Å². The maximum atomic E-state index is 12.3. The molecule has 2 N–H and O–H groups in total. The second-order valence-corrected chi connectivity index (χ2v) is 4.46. The molecule has 92 valence electrons. The van der Waals surface area contributed by atoms with E-state index in [2.05, 4.69) is 10.6 Å². The lowest BCUT2D eigenvalue weighted by Gasteiger charge is -2.28. The van der Waals surface area contributed by atoms with E-state index in [0.717, 1.165) is 65.2 Å². The van der Waals surface area contributed by atoms with Crippen molar-refractivity contribution in [2.75, 3.05) is 52.4 Å². The van der Waals surface area contributed by atoms with E-state index in [1.54, 1.807) is 0 Å². The number of amides is 2. The standard InChI is InChI=1S/C11H22N4O/c16-11(14-7-1-3-12-5-9-14)15-8-2-4-13-6-10-15/h12-13H,1-10H2. The lowest BCUT2D eigenvalue weighted by molar-refractivity contribution is 0.158. The molecule has 0 saturated carbocycles. The van der Waals surface area contributed by atoms with Crippen molar-refractivity contribution in [2.45, 2.75) is 12.8 Å². The van der Waals surface area contributed by atoms with Gasteiger partial charge in [-0.2, -0.15) is 0 Å². The van der Waals surface area contributed by atoms with Crippen LogP contribution in [0.25, 0.3) is 0 Å². The van der Waals surface area contributed by atoms with E-state index >= 15 is 0 Å². The number of nitrogens with one attached hydrogen (secondary N) is 2. The molecular weight excluding hydrogens is 204 g/mol. The zero-order valence-electron chi connectivity index (χ0n) is 9.87. The molecule has 2 rings (SSSR count). The fraction of sp³-hybridized carbons (Fsp3) is 0.909. The van der Waals surface area contributed by atoms with Gasteiger partial charge in [-0.05, 0) is 25.9 Å². The minimum Gasteiger partial charge on any atom is -0.323 e. The fourth-order valence-corrected chi connectivity index (χ4v) is 2.27. The van der Waals surface area contributed by atoms with Crippen LogP contribution in [0.3, 0.4) is 0 Å². The molecule has 2 heterocycles. The zero-order chi connectivity index (χ0) is 11.2. The van der Waals surface area contributed by atoms with Gasteiger partial charge in [0, 0.05) is 39.3 Å². The van der Waals surface area contributed by atoms with Gasteiger partial charge in [0.1, 0.15) is 0 Å². The molecule has 2 aliphatic rings. The van der Waals surface area contributed by atoms with Crippen molar-refractivity contribution in [3.63, 3.8) is 0 Å². The largest absolute Gasteiger partial charge is 0.323 e. The van der Waals surface area contributed by atoms with E-state index in [-0.39, 0.29) is 6.03 Å². The summed E-state index contributed by atoms with van der Waals surface area (Å²) in [5.41, 5.74) is 0. The van der Waals surface area contributed by atoms with E-state index in [1.807, 2.05) is 9.80 Å². The van der Waals surface area contributed by atoms with E-state index in [4.69, 9.17) is 0 Å². The summed E-state index contributed by atoms with van der Waals surface area (Å²) in [4.78, 5) is 16.2. The molecule has 2 aliphatic heterocycles. The summed E-state index contributed by atoms with van der Waals surface area (Å²) in [7, 11) is 0. The van der Waals surface area contributed by atoms with Crippen LogP contribution in [0.1, 0.15) is 12.8 Å². The zero-order valence-corrected chi connectivity index (χ0v) is 9.87. The summed E-state index contributed by atoms with van der Waals surface area (Å²) in [5.74, 6) is 0. The predicted molar refractivity (Wildman–Crippen MR) is 63.5 cm³/mol. The van der Waals surface area contributed by atoms with Crippen LogP contribution in [0, 0.1) is 0 Å². The second-order valence-electron chi connectivity index (χ2n) is 4.46. The van der Waals surface area contributed by atoms with Crippen LogP contribution < -0.4 is 10.6 Å². The number of hydrogen-bond acceptors (Lipinski definition) is 3. The summed E-state index contributed by atoms with van der Waals surface area (Å²) in [6.45, 7) is 7.42. The Kier molecular flexibility index (Phi) is 4.42. The summed E-state index contributed by atoms with van der Waals surface area (Å²) in [6, 6.07) is 0.229. The molecule has 5 heteroatoms. The maximum absolute atomic E-state index is 12.3. The highest BCUT2D eigenvalue weighted by molar-refractivity contribution is 5.74. The van der Waals surface area contributed by atoms with Crippen molar-refractivity contribution in [3.8, 4) is 0 Å². The molecule has 0 aromatic heterocycles. The number of rotatable bonds is 0. The molecule has 0 bridgehead atoms. The minimum absolute atomic E-state index is 0.229. The van der Waals surface area contributed by atoms with Crippen LogP contribution in [0.2, 0.25) is 0 Å². The first-order valence-electron chi connectivity index (χ1n) is 6.33. The molecule has 0 spiro atoms. The molecule has 0 aliphatic carbocycles. The smallest absolute Gasteiger partial charge is 0.320 e. The van der Waals surface area contributed by atoms with Gasteiger partial charge in [0.25, 0.3) is 0 Å². The van der Waals surface area contributed by atoms with Gasteiger partial charge < -0.3 is 20.4 Å². The summed E-state index contributed by atoms with van der Waals surface area (Å²) in [5, 5.41) is 6.65. The van der Waals surface area contributed by atoms with Crippen LogP contribution in [0.4, 0.5) is 4.79 Å². The van der Waals surface area contributed by atoms with Crippen molar-refractivity contribution >= 4 is 6.03 Å². The molecule has 16 heavy (non-hydrogen) atoms. The Morgan fingerprint density at radius 1 is 0.750 bits per heavy atom. The van der Waals surface area contributed by atoms with Gasteiger partial charge in [-0.25, -0.2) is 4.79 Å². The summed E-state index contributed by atoms with van der Waals surface area (Å²) in [6.07, 6.45) is 2.13. The summed E-state index contributed by atoms with van der Waals surface area (Å²) < 4.78 is 0. The van der Waals surface area contributed by atoms with Crippen LogP contribution in [-0.2, 0) is 0 Å². The van der Waals surface area contributed by atoms with Gasteiger partial charge in [-0.15, -0.1) is 0 Å². The minimum atomic E-state index is 0.229. The normalized spacial score (nSPS) is 23.8. The van der Waals surface area contributed by atoms with Crippen molar-refractivity contribution in [3.05, 3.63) is 0 Å². The number of carbonyl (C=O) groups is 1. The van der Waals surface area contributed by atoms with Gasteiger partial charge >= 0.3 is 6.03 Å². The van der Waals surface area contributed by atoms with Crippen LogP contribution >= 0.6 is 0 Å². The third kappa shape index (κ3) is 3.09. The van der Waals surface area contributed by atoms with Crippen molar-refractivity contribution in [1.82, 2.24) is 20.4 Å². The van der Waals surface area contributed by atoms with Crippen molar-refractivity contribution in [1.29, 1.82) is 0 Å². The molecule has 0 aromatic rings. The second kappa shape index (κ2) is 6.06. The van der Waals surface area contributed by atoms with Crippen molar-refractivity contribution in [2.24, 2.45) is 0 Å². The molecule has 0 atom stereocenters. The predicted octanol–water partition coefficient (Wildman–Crippen LogP) is -0.303. The summed E-state index contributed by atoms with van der Waals surface area (Å²) >= 11 is 0. The molecule has 0 aromatic carbocycles. The van der Waals surface area contributed by atoms with Crippen LogP contribution in [0.15, 0.2) is 0 Å². The van der Waals surface area contributed by atoms with Crippen LogP contribution in [0.5, 0.6) is 0 Å². The molecule has 0 radical (unpaired) electrons. The average Bonchev–Trinajstić information content (AvgIpc) is 2.73. The number of urea groups is 1. The first-order chi connectivity index (χ1) is 7.88. The van der Waals surface area contributed by atoms with E-state index in [1.165, 1.54) is 0 Å². The number of carbonyl (C=O) groups excluding carboxylic acids is 1. The van der Waals surface area contributed by atoms with Crippen molar-refractivity contribution < 1.29 is 4.79 Å². The maximum Gasteiger partial charge on any atom is 0.320 e. The third-order valence-corrected chi connectivity index (χ3v) is 3.22. The van der Waals surface area contributed by atoms with E-state index in [0.29, 0.717) is 0 Å². The third-order valence-electron chi connectivity index (χ3n) is 3.22. The number of nitrogens with zero attached hydrogens (tertiary/aromatic N) is 2. The first-order valence-corrected chi connectivity index (χ1v) is 6.33. The first kappa shape index (κ1) is 11.7. The quantitative estimate of drug-likeness (QED) is 0.596. The molecule has 2 fully saturated rings. The fourth-order valence-electron chi connectivity index (χ4n) is 2.27. The van der Waals surface area contributed by atoms with Gasteiger partial charge in [0.05, 0.1) is 0 Å². The molecule has 2 amide bonds. The van der Waals surface area contributed by atoms with E-state index < -0.39 is 0 Å². The highest BCUT2D eigenvalue weighted by atomic mass is 16.2. The Labute approximate surface area is 97.2 Å². The molecule has 2 saturated heterocycles. The Bertz CT molecular complexity index is 196.